The molecule has 2 aromatic rings. The first-order valence-corrected chi connectivity index (χ1v) is 8.46. The van der Waals surface area contributed by atoms with Gasteiger partial charge in [0, 0.05) is 5.02 Å². The monoisotopic (exact) mass is 361 g/mol. The van der Waals surface area contributed by atoms with Gasteiger partial charge in [0.2, 0.25) is 0 Å². The van der Waals surface area contributed by atoms with Gasteiger partial charge in [0.05, 0.1) is 12.8 Å². The fourth-order valence-corrected chi connectivity index (χ4v) is 2.64. The summed E-state index contributed by atoms with van der Waals surface area (Å²) in [6.07, 6.45) is 0. The van der Waals surface area contributed by atoms with Gasteiger partial charge in [-0.3, -0.25) is 4.79 Å². The number of benzene rings is 2. The summed E-state index contributed by atoms with van der Waals surface area (Å²) in [4.78, 5) is 12.3. The van der Waals surface area contributed by atoms with Crippen molar-refractivity contribution in [1.29, 1.82) is 0 Å². The Morgan fingerprint density at radius 2 is 1.80 bits per heavy atom. The summed E-state index contributed by atoms with van der Waals surface area (Å²) >= 11 is 5.98. The molecule has 0 atom stereocenters. The fourth-order valence-electron chi connectivity index (χ4n) is 2.46. The molecule has 0 aliphatic heterocycles. The number of carbonyl (C=O) groups excluding carboxylic acids is 1. The predicted molar refractivity (Wildman–Crippen MR) is 102 cm³/mol. The summed E-state index contributed by atoms with van der Waals surface area (Å²) in [5.74, 6) is 0.982. The number of hydrogen-bond donors (Lipinski definition) is 1. The molecular formula is C20H24ClNO3. The van der Waals surface area contributed by atoms with Gasteiger partial charge < -0.3 is 14.8 Å². The topological polar surface area (TPSA) is 47.6 Å². The van der Waals surface area contributed by atoms with Crippen molar-refractivity contribution < 1.29 is 14.3 Å². The van der Waals surface area contributed by atoms with Gasteiger partial charge in [-0.15, -0.1) is 0 Å². The molecule has 2 rings (SSSR count). The Bertz CT molecular complexity index is 766. The number of carbonyl (C=O) groups is 1. The summed E-state index contributed by atoms with van der Waals surface area (Å²) in [7, 11) is 1.54. The van der Waals surface area contributed by atoms with E-state index in [0.29, 0.717) is 22.2 Å². The van der Waals surface area contributed by atoms with Crippen molar-refractivity contribution in [3.05, 3.63) is 52.5 Å². The third-order valence-electron chi connectivity index (χ3n) is 3.74. The lowest BCUT2D eigenvalue weighted by Crippen LogP contribution is -2.22. The number of hydrogen-bond acceptors (Lipinski definition) is 3. The van der Waals surface area contributed by atoms with Crippen molar-refractivity contribution in [3.8, 4) is 11.5 Å². The van der Waals surface area contributed by atoms with Crippen LogP contribution in [0.1, 0.15) is 31.9 Å². The number of halogens is 1. The third kappa shape index (κ3) is 5.13. The average molecular weight is 362 g/mol. The average Bonchev–Trinajstić information content (AvgIpc) is 2.53. The lowest BCUT2D eigenvalue weighted by molar-refractivity contribution is -0.118. The second kappa shape index (κ2) is 7.79. The first-order chi connectivity index (χ1) is 11.7. The van der Waals surface area contributed by atoms with Crippen molar-refractivity contribution >= 4 is 23.2 Å². The lowest BCUT2D eigenvalue weighted by Gasteiger charge is -2.23. The van der Waals surface area contributed by atoms with Crippen LogP contribution in [0.25, 0.3) is 0 Å². The molecule has 0 aliphatic carbocycles. The molecule has 4 nitrogen and oxygen atoms in total. The Morgan fingerprint density at radius 1 is 1.12 bits per heavy atom. The second-order valence-electron chi connectivity index (χ2n) is 6.93. The molecule has 2 aromatic carbocycles. The summed E-state index contributed by atoms with van der Waals surface area (Å²) in [6.45, 7) is 8.29. The van der Waals surface area contributed by atoms with E-state index in [1.807, 2.05) is 19.1 Å². The SMILES string of the molecule is COc1ccc(Cl)cc1NC(=O)COc1ccc(C)cc1C(C)(C)C. The number of aryl methyl sites for hydroxylation is 1. The number of anilines is 1. The van der Waals surface area contributed by atoms with Gasteiger partial charge in [0.25, 0.3) is 5.91 Å². The Morgan fingerprint density at radius 3 is 2.44 bits per heavy atom. The van der Waals surface area contributed by atoms with Crippen LogP contribution in [0.4, 0.5) is 5.69 Å². The molecule has 0 bridgehead atoms. The minimum atomic E-state index is -0.277. The normalized spacial score (nSPS) is 11.1. The maximum Gasteiger partial charge on any atom is 0.262 e. The molecule has 134 valence electrons. The zero-order valence-corrected chi connectivity index (χ0v) is 16.0. The summed E-state index contributed by atoms with van der Waals surface area (Å²) in [5.41, 5.74) is 2.67. The molecule has 1 N–H and O–H groups in total. The van der Waals surface area contributed by atoms with Crippen LogP contribution in [0.2, 0.25) is 5.02 Å². The van der Waals surface area contributed by atoms with E-state index in [1.165, 1.54) is 7.11 Å². The predicted octanol–water partition coefficient (Wildman–Crippen LogP) is 4.97. The highest BCUT2D eigenvalue weighted by molar-refractivity contribution is 6.31. The van der Waals surface area contributed by atoms with Gasteiger partial charge in [0.1, 0.15) is 11.5 Å². The van der Waals surface area contributed by atoms with E-state index in [-0.39, 0.29) is 17.9 Å². The molecule has 0 aliphatic rings. The molecule has 0 radical (unpaired) electrons. The molecule has 0 heterocycles. The molecule has 0 fully saturated rings. The first-order valence-electron chi connectivity index (χ1n) is 8.08. The van der Waals surface area contributed by atoms with Crippen molar-refractivity contribution in [2.75, 3.05) is 19.0 Å². The number of ether oxygens (including phenoxy) is 2. The number of rotatable bonds is 5. The Kier molecular flexibility index (Phi) is 5.96. The van der Waals surface area contributed by atoms with Crippen LogP contribution in [0.3, 0.4) is 0 Å². The van der Waals surface area contributed by atoms with Gasteiger partial charge in [0.15, 0.2) is 6.61 Å². The van der Waals surface area contributed by atoms with Crippen LogP contribution in [-0.4, -0.2) is 19.6 Å². The third-order valence-corrected chi connectivity index (χ3v) is 3.97. The van der Waals surface area contributed by atoms with E-state index >= 15 is 0 Å². The van der Waals surface area contributed by atoms with Crippen LogP contribution in [0, 0.1) is 6.92 Å². The Hall–Kier alpha value is -2.20. The molecule has 25 heavy (non-hydrogen) atoms. The zero-order chi connectivity index (χ0) is 18.6. The van der Waals surface area contributed by atoms with Crippen molar-refractivity contribution in [2.45, 2.75) is 33.1 Å². The maximum absolute atomic E-state index is 12.3. The molecule has 1 amide bonds. The highest BCUT2D eigenvalue weighted by Gasteiger charge is 2.20. The smallest absolute Gasteiger partial charge is 0.262 e. The second-order valence-corrected chi connectivity index (χ2v) is 7.37. The fraction of sp³-hybridized carbons (Fsp3) is 0.350. The van der Waals surface area contributed by atoms with E-state index in [4.69, 9.17) is 21.1 Å². The van der Waals surface area contributed by atoms with Crippen molar-refractivity contribution in [1.82, 2.24) is 0 Å². The quantitative estimate of drug-likeness (QED) is 0.817. The van der Waals surface area contributed by atoms with Crippen LogP contribution < -0.4 is 14.8 Å². The summed E-state index contributed by atoms with van der Waals surface area (Å²) in [5, 5.41) is 3.29. The minimum Gasteiger partial charge on any atom is -0.495 e. The minimum absolute atomic E-state index is 0.0754. The van der Waals surface area contributed by atoms with E-state index in [2.05, 4.69) is 32.2 Å². The zero-order valence-electron chi connectivity index (χ0n) is 15.3. The molecule has 0 unspecified atom stereocenters. The highest BCUT2D eigenvalue weighted by atomic mass is 35.5. The molecule has 0 aromatic heterocycles. The van der Waals surface area contributed by atoms with Crippen molar-refractivity contribution in [2.24, 2.45) is 0 Å². The van der Waals surface area contributed by atoms with Gasteiger partial charge in [-0.2, -0.15) is 0 Å². The van der Waals surface area contributed by atoms with Crippen LogP contribution in [-0.2, 0) is 10.2 Å². The summed E-state index contributed by atoms with van der Waals surface area (Å²) in [6, 6.07) is 11.0. The van der Waals surface area contributed by atoms with E-state index in [0.717, 1.165) is 11.1 Å². The van der Waals surface area contributed by atoms with Crippen LogP contribution >= 0.6 is 11.6 Å². The van der Waals surface area contributed by atoms with Crippen molar-refractivity contribution in [3.63, 3.8) is 0 Å². The number of nitrogens with one attached hydrogen (secondary N) is 1. The first kappa shape index (κ1) is 19.1. The highest BCUT2D eigenvalue weighted by Crippen LogP contribution is 2.32. The van der Waals surface area contributed by atoms with Crippen LogP contribution in [0.15, 0.2) is 36.4 Å². The Balaban J connectivity index is 2.10. The molecule has 0 saturated heterocycles. The maximum atomic E-state index is 12.3. The molecule has 0 saturated carbocycles. The number of amides is 1. The largest absolute Gasteiger partial charge is 0.495 e. The van der Waals surface area contributed by atoms with Gasteiger partial charge in [-0.05, 0) is 42.2 Å². The van der Waals surface area contributed by atoms with Gasteiger partial charge >= 0.3 is 0 Å². The molecular weight excluding hydrogens is 338 g/mol. The van der Waals surface area contributed by atoms with Gasteiger partial charge in [-0.25, -0.2) is 0 Å². The van der Waals surface area contributed by atoms with E-state index in [1.54, 1.807) is 18.2 Å². The molecule has 0 spiro atoms. The van der Waals surface area contributed by atoms with E-state index in [9.17, 15) is 4.79 Å². The Labute approximate surface area is 154 Å². The number of methoxy groups -OCH3 is 1. The van der Waals surface area contributed by atoms with E-state index < -0.39 is 0 Å². The lowest BCUT2D eigenvalue weighted by atomic mass is 9.85. The molecule has 5 heteroatoms. The standard InChI is InChI=1S/C20H24ClNO3/c1-13-6-8-17(15(10-13)20(2,3)4)25-12-19(23)22-16-11-14(21)7-9-18(16)24-5/h6-11H,12H2,1-5H3,(H,22,23). The van der Waals surface area contributed by atoms with Gasteiger partial charge in [-0.1, -0.05) is 50.1 Å². The summed E-state index contributed by atoms with van der Waals surface area (Å²) < 4.78 is 11.0. The van der Waals surface area contributed by atoms with Crippen LogP contribution in [0.5, 0.6) is 11.5 Å².